The average Bonchev–Trinajstić information content (AvgIpc) is 3.34. The first kappa shape index (κ1) is 21.6. The first-order chi connectivity index (χ1) is 17.3. The molecular weight excluding hydrogens is 428 g/mol. The summed E-state index contributed by atoms with van der Waals surface area (Å²) >= 11 is 0. The van der Waals surface area contributed by atoms with Crippen LogP contribution in [0.25, 0.3) is 45.7 Å². The fourth-order valence-electron chi connectivity index (χ4n) is 4.09. The molecule has 0 spiro atoms. The van der Waals surface area contributed by atoms with E-state index < -0.39 is 0 Å². The highest BCUT2D eigenvalue weighted by Gasteiger charge is 2.22. The van der Waals surface area contributed by atoms with Crippen LogP contribution in [0.4, 0.5) is 0 Å². The number of hydrogen-bond donors (Lipinski definition) is 0. The minimum absolute atomic E-state index is 0.0706. The maximum Gasteiger partial charge on any atom is 0.145 e. The number of aromatic nitrogens is 2. The highest BCUT2D eigenvalue weighted by Crippen LogP contribution is 2.38. The molecule has 0 unspecified atom stereocenters. The molecule has 1 heterocycles. The molecular formula is C31H20N4. The van der Waals surface area contributed by atoms with Crippen LogP contribution in [0.3, 0.4) is 0 Å². The monoisotopic (exact) mass is 448 g/mol. The molecule has 1 aromatic heterocycles. The number of para-hydroxylation sites is 1. The van der Waals surface area contributed by atoms with Gasteiger partial charge in [-0.2, -0.15) is 10.5 Å². The molecule has 5 rings (SSSR count). The second kappa shape index (κ2) is 9.75. The van der Waals surface area contributed by atoms with Gasteiger partial charge in [0.1, 0.15) is 23.5 Å². The lowest BCUT2D eigenvalue weighted by Gasteiger charge is -2.14. The van der Waals surface area contributed by atoms with Gasteiger partial charge in [-0.05, 0) is 23.8 Å². The van der Waals surface area contributed by atoms with Crippen molar-refractivity contribution in [1.29, 1.82) is 10.5 Å². The van der Waals surface area contributed by atoms with Crippen molar-refractivity contribution in [3.05, 3.63) is 126 Å². The molecule has 35 heavy (non-hydrogen) atoms. The summed E-state index contributed by atoms with van der Waals surface area (Å²) in [6, 6.07) is 42.3. The third-order valence-electron chi connectivity index (χ3n) is 5.71. The van der Waals surface area contributed by atoms with Gasteiger partial charge in [-0.1, -0.05) is 103 Å². The first-order valence-corrected chi connectivity index (χ1v) is 11.2. The molecule has 0 bridgehead atoms. The summed E-state index contributed by atoms with van der Waals surface area (Å²) in [5.74, 6) is 0.810. The number of imidazole rings is 1. The van der Waals surface area contributed by atoms with Crippen molar-refractivity contribution in [2.45, 2.75) is 0 Å². The summed E-state index contributed by atoms with van der Waals surface area (Å²) in [4.78, 5) is 5.17. The van der Waals surface area contributed by atoms with Crippen LogP contribution in [0.2, 0.25) is 0 Å². The Morgan fingerprint density at radius 3 is 1.74 bits per heavy atom. The molecule has 0 N–H and O–H groups in total. The Morgan fingerprint density at radius 2 is 1.17 bits per heavy atom. The van der Waals surface area contributed by atoms with Gasteiger partial charge in [-0.25, -0.2) is 4.98 Å². The van der Waals surface area contributed by atoms with Crippen molar-refractivity contribution in [1.82, 2.24) is 9.55 Å². The quantitative estimate of drug-likeness (QED) is 0.265. The van der Waals surface area contributed by atoms with Crippen LogP contribution in [0.5, 0.6) is 0 Å². The maximum absolute atomic E-state index is 9.08. The SMILES string of the molecule is N#CC(C#N)=Cc1ccc(-c2nc(-c3ccccc3)c(-c3ccccc3)n2-c2ccccc2)cc1. The predicted molar refractivity (Wildman–Crippen MR) is 139 cm³/mol. The molecule has 0 fully saturated rings. The molecule has 5 aromatic rings. The number of nitriles is 2. The van der Waals surface area contributed by atoms with Crippen molar-refractivity contribution < 1.29 is 0 Å². The van der Waals surface area contributed by atoms with E-state index in [0.717, 1.165) is 45.2 Å². The van der Waals surface area contributed by atoms with Gasteiger partial charge in [0.05, 0.1) is 11.4 Å². The predicted octanol–water partition coefficient (Wildman–Crippen LogP) is 7.30. The van der Waals surface area contributed by atoms with Crippen LogP contribution in [0.1, 0.15) is 5.56 Å². The molecule has 4 heteroatoms. The first-order valence-electron chi connectivity index (χ1n) is 11.2. The highest BCUT2D eigenvalue weighted by molar-refractivity contribution is 5.84. The number of nitrogens with zero attached hydrogens (tertiary/aromatic N) is 4. The summed E-state index contributed by atoms with van der Waals surface area (Å²) in [5.41, 5.74) is 6.82. The van der Waals surface area contributed by atoms with E-state index in [9.17, 15) is 0 Å². The Bertz CT molecular complexity index is 1550. The Balaban J connectivity index is 1.77. The Kier molecular flexibility index (Phi) is 6.03. The van der Waals surface area contributed by atoms with E-state index in [1.807, 2.05) is 91.0 Å². The van der Waals surface area contributed by atoms with Crippen LogP contribution in [0, 0.1) is 22.7 Å². The largest absolute Gasteiger partial charge is 0.292 e. The zero-order valence-corrected chi connectivity index (χ0v) is 18.8. The van der Waals surface area contributed by atoms with E-state index in [0.29, 0.717) is 0 Å². The number of allylic oxidation sites excluding steroid dienone is 1. The Labute approximate surface area is 204 Å². The molecule has 4 aromatic carbocycles. The van der Waals surface area contributed by atoms with Crippen molar-refractivity contribution >= 4 is 6.08 Å². The van der Waals surface area contributed by atoms with E-state index in [2.05, 4.69) is 41.0 Å². The Hall–Kier alpha value is -5.19. The summed E-state index contributed by atoms with van der Waals surface area (Å²) in [6.45, 7) is 0. The zero-order chi connectivity index (χ0) is 24.0. The molecule has 4 nitrogen and oxygen atoms in total. The standard InChI is InChI=1S/C31H20N4/c32-21-24(22-33)20-23-16-18-27(19-17-23)31-34-29(25-10-4-1-5-11-25)30(26-12-6-2-7-13-26)35(31)28-14-8-3-9-15-28/h1-20H. The fourth-order valence-corrected chi connectivity index (χ4v) is 4.09. The van der Waals surface area contributed by atoms with Crippen LogP contribution in [0.15, 0.2) is 121 Å². The maximum atomic E-state index is 9.08. The zero-order valence-electron chi connectivity index (χ0n) is 18.8. The van der Waals surface area contributed by atoms with Gasteiger partial charge in [0.15, 0.2) is 0 Å². The van der Waals surface area contributed by atoms with E-state index >= 15 is 0 Å². The minimum Gasteiger partial charge on any atom is -0.292 e. The average molecular weight is 449 g/mol. The molecule has 0 saturated carbocycles. The van der Waals surface area contributed by atoms with Gasteiger partial charge < -0.3 is 0 Å². The lowest BCUT2D eigenvalue weighted by atomic mass is 10.0. The molecule has 164 valence electrons. The molecule has 0 atom stereocenters. The molecule has 0 aliphatic heterocycles. The van der Waals surface area contributed by atoms with Crippen molar-refractivity contribution in [2.24, 2.45) is 0 Å². The van der Waals surface area contributed by atoms with E-state index in [1.54, 1.807) is 6.08 Å². The van der Waals surface area contributed by atoms with Crippen LogP contribution >= 0.6 is 0 Å². The molecule has 0 amide bonds. The lowest BCUT2D eigenvalue weighted by molar-refractivity contribution is 1.07. The molecule has 0 saturated heterocycles. The van der Waals surface area contributed by atoms with Gasteiger partial charge in [-0.3, -0.25) is 4.57 Å². The van der Waals surface area contributed by atoms with Crippen LogP contribution < -0.4 is 0 Å². The van der Waals surface area contributed by atoms with Gasteiger partial charge in [0.2, 0.25) is 0 Å². The third kappa shape index (κ3) is 4.37. The molecule has 0 aliphatic carbocycles. The summed E-state index contributed by atoms with van der Waals surface area (Å²) in [7, 11) is 0. The van der Waals surface area contributed by atoms with Gasteiger partial charge >= 0.3 is 0 Å². The van der Waals surface area contributed by atoms with Crippen molar-refractivity contribution in [2.75, 3.05) is 0 Å². The van der Waals surface area contributed by atoms with Crippen molar-refractivity contribution in [3.63, 3.8) is 0 Å². The van der Waals surface area contributed by atoms with Crippen molar-refractivity contribution in [3.8, 4) is 51.7 Å². The number of rotatable bonds is 5. The van der Waals surface area contributed by atoms with E-state index in [1.165, 1.54) is 0 Å². The van der Waals surface area contributed by atoms with E-state index in [-0.39, 0.29) is 5.57 Å². The number of benzene rings is 4. The highest BCUT2D eigenvalue weighted by atomic mass is 15.1. The number of hydrogen-bond acceptors (Lipinski definition) is 3. The topological polar surface area (TPSA) is 65.4 Å². The van der Waals surface area contributed by atoms with Gasteiger partial charge in [-0.15, -0.1) is 0 Å². The summed E-state index contributed by atoms with van der Waals surface area (Å²) in [6.07, 6.45) is 1.58. The second-order valence-corrected chi connectivity index (χ2v) is 7.94. The minimum atomic E-state index is 0.0706. The van der Waals surface area contributed by atoms with Gasteiger partial charge in [0, 0.05) is 22.4 Å². The molecule has 0 radical (unpaired) electrons. The Morgan fingerprint density at radius 1 is 0.629 bits per heavy atom. The lowest BCUT2D eigenvalue weighted by Crippen LogP contribution is -2.00. The fraction of sp³-hybridized carbons (Fsp3) is 0. The second-order valence-electron chi connectivity index (χ2n) is 7.94. The van der Waals surface area contributed by atoms with E-state index in [4.69, 9.17) is 15.5 Å². The van der Waals surface area contributed by atoms with Crippen LogP contribution in [-0.4, -0.2) is 9.55 Å². The summed E-state index contributed by atoms with van der Waals surface area (Å²) < 4.78 is 2.19. The third-order valence-corrected chi connectivity index (χ3v) is 5.71. The molecule has 0 aliphatic rings. The van der Waals surface area contributed by atoms with Gasteiger partial charge in [0.25, 0.3) is 0 Å². The van der Waals surface area contributed by atoms with Crippen LogP contribution in [-0.2, 0) is 0 Å². The smallest absolute Gasteiger partial charge is 0.145 e. The summed E-state index contributed by atoms with van der Waals surface area (Å²) in [5, 5.41) is 18.2. The normalized spacial score (nSPS) is 10.2.